The minimum absolute atomic E-state index is 0.00108. The fraction of sp³-hybridized carbons (Fsp3) is 0.0968. The van der Waals surface area contributed by atoms with E-state index in [2.05, 4.69) is 47.6 Å². The predicted molar refractivity (Wildman–Crippen MR) is 160 cm³/mol. The lowest BCUT2D eigenvalue weighted by atomic mass is 10.1. The Morgan fingerprint density at radius 1 is 0.929 bits per heavy atom. The number of carbonyl (C=O) groups is 1. The van der Waals surface area contributed by atoms with Gasteiger partial charge in [-0.1, -0.05) is 30.3 Å². The number of imidazole rings is 1. The zero-order valence-corrected chi connectivity index (χ0v) is 23.2. The number of ketones is 1. The lowest BCUT2D eigenvalue weighted by Crippen LogP contribution is -2.12. The van der Waals surface area contributed by atoms with Crippen molar-refractivity contribution in [1.82, 2.24) is 40.4 Å². The highest BCUT2D eigenvalue weighted by Gasteiger charge is 2.22. The molecule has 0 atom stereocenters. The smallest absolute Gasteiger partial charge is 0.169 e. The summed E-state index contributed by atoms with van der Waals surface area (Å²) in [5.41, 5.74) is 5.72. The van der Waals surface area contributed by atoms with E-state index >= 15 is 4.39 Å². The first-order valence-electron chi connectivity index (χ1n) is 13.2. The van der Waals surface area contributed by atoms with Crippen LogP contribution in [0, 0.1) is 5.82 Å². The quantitative estimate of drug-likeness (QED) is 0.181. The number of halogens is 1. The number of thiophene rings is 1. The molecular weight excluding hydrogens is 551 g/mol. The van der Waals surface area contributed by atoms with Gasteiger partial charge in [-0.2, -0.15) is 5.10 Å². The number of benzene rings is 1. The Balaban J connectivity index is 1.23. The molecule has 7 aromatic rings. The van der Waals surface area contributed by atoms with Crippen LogP contribution in [0.5, 0.6) is 0 Å². The summed E-state index contributed by atoms with van der Waals surface area (Å²) in [6.07, 6.45) is 8.30. The molecule has 6 aromatic heterocycles. The largest absolute Gasteiger partial charge is 0.335 e. The average Bonchev–Trinajstić information content (AvgIpc) is 3.76. The van der Waals surface area contributed by atoms with Gasteiger partial charge in [0.15, 0.2) is 17.4 Å². The fourth-order valence-corrected chi connectivity index (χ4v) is 5.82. The third-order valence-electron chi connectivity index (χ3n) is 6.95. The van der Waals surface area contributed by atoms with Crippen LogP contribution >= 0.6 is 11.3 Å². The van der Waals surface area contributed by atoms with Gasteiger partial charge in [-0.25, -0.2) is 9.37 Å². The number of Topliss-reactive ketones (excluding diaryl/α,β-unsaturated/α-hetero) is 1. The Morgan fingerprint density at radius 2 is 1.76 bits per heavy atom. The molecule has 42 heavy (non-hydrogen) atoms. The Kier molecular flexibility index (Phi) is 6.57. The standard InChI is InChI=1S/C31H23FN8OS/c1-17(41)24-7-8-25(42-24)21-14-35-15-23-29(21)38-31(37-23)30-26-22(39-40-30)16-36-28(27(26)32)20-9-19(12-34-13-20)11-33-10-18-5-3-2-4-6-18/h2-9,12-16,33H,10-11H2,1H3,(H,37,38)(H,39,40). The second-order valence-electron chi connectivity index (χ2n) is 9.84. The van der Waals surface area contributed by atoms with Crippen LogP contribution in [-0.2, 0) is 13.1 Å². The molecule has 9 nitrogen and oxygen atoms in total. The van der Waals surface area contributed by atoms with Crippen LogP contribution in [0.25, 0.3) is 55.2 Å². The molecule has 0 spiro atoms. The molecule has 0 aliphatic heterocycles. The summed E-state index contributed by atoms with van der Waals surface area (Å²) in [5.74, 6) is -0.126. The van der Waals surface area contributed by atoms with Crippen molar-refractivity contribution < 1.29 is 9.18 Å². The summed E-state index contributed by atoms with van der Waals surface area (Å²) in [6.45, 7) is 2.82. The van der Waals surface area contributed by atoms with Crippen molar-refractivity contribution in [3.05, 3.63) is 101 Å². The number of pyridine rings is 3. The van der Waals surface area contributed by atoms with Crippen LogP contribution in [0.2, 0.25) is 0 Å². The van der Waals surface area contributed by atoms with Crippen LogP contribution < -0.4 is 5.32 Å². The van der Waals surface area contributed by atoms with E-state index in [1.165, 1.54) is 23.8 Å². The number of hydrogen-bond donors (Lipinski definition) is 3. The number of nitrogens with one attached hydrogen (secondary N) is 3. The van der Waals surface area contributed by atoms with Crippen molar-refractivity contribution in [2.45, 2.75) is 20.0 Å². The minimum atomic E-state index is -0.518. The van der Waals surface area contributed by atoms with Crippen LogP contribution in [-0.4, -0.2) is 40.9 Å². The van der Waals surface area contributed by atoms with Crippen LogP contribution in [0.3, 0.4) is 0 Å². The van der Waals surface area contributed by atoms with Crippen molar-refractivity contribution in [1.29, 1.82) is 0 Å². The number of aromatic amines is 2. The predicted octanol–water partition coefficient (Wildman–Crippen LogP) is 6.32. The Bertz CT molecular complexity index is 2080. The van der Waals surface area contributed by atoms with Crippen LogP contribution in [0.15, 0.2) is 79.5 Å². The fourth-order valence-electron chi connectivity index (χ4n) is 4.91. The van der Waals surface area contributed by atoms with E-state index < -0.39 is 5.82 Å². The van der Waals surface area contributed by atoms with E-state index in [9.17, 15) is 4.79 Å². The molecule has 3 N–H and O–H groups in total. The zero-order chi connectivity index (χ0) is 28.6. The highest BCUT2D eigenvalue weighted by Crippen LogP contribution is 2.36. The zero-order valence-electron chi connectivity index (χ0n) is 22.4. The summed E-state index contributed by atoms with van der Waals surface area (Å²) in [4.78, 5) is 34.5. The summed E-state index contributed by atoms with van der Waals surface area (Å²) < 4.78 is 16.2. The van der Waals surface area contributed by atoms with Gasteiger partial charge in [0.1, 0.15) is 16.9 Å². The maximum Gasteiger partial charge on any atom is 0.169 e. The van der Waals surface area contributed by atoms with E-state index in [-0.39, 0.29) is 16.9 Å². The van der Waals surface area contributed by atoms with Gasteiger partial charge >= 0.3 is 0 Å². The van der Waals surface area contributed by atoms with Crippen molar-refractivity contribution >= 4 is 39.1 Å². The van der Waals surface area contributed by atoms with Gasteiger partial charge in [-0.05, 0) is 36.2 Å². The van der Waals surface area contributed by atoms with Gasteiger partial charge in [-0.3, -0.25) is 24.8 Å². The average molecular weight is 575 g/mol. The lowest BCUT2D eigenvalue weighted by Gasteiger charge is -2.08. The summed E-state index contributed by atoms with van der Waals surface area (Å²) in [5, 5.41) is 10.9. The van der Waals surface area contributed by atoms with Crippen molar-refractivity contribution in [3.63, 3.8) is 0 Å². The van der Waals surface area contributed by atoms with Gasteiger partial charge in [0.2, 0.25) is 0 Å². The van der Waals surface area contributed by atoms with E-state index in [4.69, 9.17) is 4.98 Å². The molecule has 1 aromatic carbocycles. The molecule has 0 aliphatic carbocycles. The number of hydrogen-bond acceptors (Lipinski definition) is 8. The molecule has 0 fully saturated rings. The van der Waals surface area contributed by atoms with E-state index in [1.807, 2.05) is 30.3 Å². The number of carbonyl (C=O) groups excluding carboxylic acids is 1. The van der Waals surface area contributed by atoms with Crippen molar-refractivity contribution in [2.24, 2.45) is 0 Å². The van der Waals surface area contributed by atoms with Crippen molar-refractivity contribution in [2.75, 3.05) is 0 Å². The summed E-state index contributed by atoms with van der Waals surface area (Å²) >= 11 is 1.38. The number of H-pyrrole nitrogens is 2. The molecule has 0 saturated carbocycles. The second-order valence-corrected chi connectivity index (χ2v) is 10.9. The van der Waals surface area contributed by atoms with Gasteiger partial charge < -0.3 is 10.3 Å². The Labute approximate surface area is 242 Å². The summed E-state index contributed by atoms with van der Waals surface area (Å²) in [7, 11) is 0. The third kappa shape index (κ3) is 4.74. The number of rotatable bonds is 8. The van der Waals surface area contributed by atoms with Gasteiger partial charge in [-0.15, -0.1) is 11.3 Å². The summed E-state index contributed by atoms with van der Waals surface area (Å²) in [6, 6.07) is 15.7. The monoisotopic (exact) mass is 574 g/mol. The molecular formula is C31H23FN8OS. The van der Waals surface area contributed by atoms with Crippen molar-refractivity contribution in [3.8, 4) is 33.2 Å². The molecule has 7 rings (SSSR count). The van der Waals surface area contributed by atoms with Gasteiger partial charge in [0.25, 0.3) is 0 Å². The Hall–Kier alpha value is -5.13. The van der Waals surface area contributed by atoms with Gasteiger partial charge in [0.05, 0.1) is 33.7 Å². The first kappa shape index (κ1) is 25.8. The number of nitrogens with zero attached hydrogens (tertiary/aromatic N) is 5. The lowest BCUT2D eigenvalue weighted by molar-refractivity contribution is 0.102. The Morgan fingerprint density at radius 3 is 2.60 bits per heavy atom. The van der Waals surface area contributed by atoms with E-state index in [0.29, 0.717) is 51.6 Å². The second kappa shape index (κ2) is 10.7. The molecule has 0 bridgehead atoms. The number of aromatic nitrogens is 7. The number of fused-ring (bicyclic) bond motifs is 2. The SMILES string of the molecule is CC(=O)c1ccc(-c2cncc3[nH]c(-c4n[nH]c5cnc(-c6cncc(CNCc7ccccc7)c6)c(F)c45)nc23)s1. The molecule has 206 valence electrons. The molecule has 0 amide bonds. The normalized spacial score (nSPS) is 11.5. The minimum Gasteiger partial charge on any atom is -0.335 e. The first-order chi connectivity index (χ1) is 20.5. The van der Waals surface area contributed by atoms with E-state index in [1.54, 1.807) is 37.1 Å². The highest BCUT2D eigenvalue weighted by molar-refractivity contribution is 7.17. The molecule has 6 heterocycles. The molecule has 0 saturated heterocycles. The molecule has 0 aliphatic rings. The topological polar surface area (TPSA) is 125 Å². The van der Waals surface area contributed by atoms with Gasteiger partial charge in [0, 0.05) is 47.7 Å². The molecule has 11 heteroatoms. The first-order valence-corrected chi connectivity index (χ1v) is 14.0. The maximum atomic E-state index is 16.2. The third-order valence-corrected chi connectivity index (χ3v) is 8.17. The highest BCUT2D eigenvalue weighted by atomic mass is 32.1. The molecule has 0 radical (unpaired) electrons. The van der Waals surface area contributed by atoms with E-state index in [0.717, 1.165) is 16.0 Å². The molecule has 0 unspecified atom stereocenters. The van der Waals surface area contributed by atoms with Crippen LogP contribution in [0.4, 0.5) is 4.39 Å². The van der Waals surface area contributed by atoms with Crippen LogP contribution in [0.1, 0.15) is 27.7 Å². The maximum absolute atomic E-state index is 16.2.